The van der Waals surface area contributed by atoms with Crippen molar-refractivity contribution in [2.75, 3.05) is 6.54 Å². The predicted molar refractivity (Wildman–Crippen MR) is 73.8 cm³/mol. The van der Waals surface area contributed by atoms with Crippen LogP contribution in [0.15, 0.2) is 0 Å². The summed E-state index contributed by atoms with van der Waals surface area (Å²) in [7, 11) is 0. The third-order valence-electron chi connectivity index (χ3n) is 5.27. The van der Waals surface area contributed by atoms with Crippen LogP contribution in [0.4, 0.5) is 4.79 Å². The van der Waals surface area contributed by atoms with E-state index in [0.717, 1.165) is 37.5 Å². The van der Waals surface area contributed by atoms with Gasteiger partial charge in [0.15, 0.2) is 0 Å². The summed E-state index contributed by atoms with van der Waals surface area (Å²) in [5.74, 6) is 1.56. The molecule has 4 nitrogen and oxygen atoms in total. The maximum Gasteiger partial charge on any atom is 0.315 e. The Morgan fingerprint density at radius 2 is 1.89 bits per heavy atom. The molecule has 3 N–H and O–H groups in total. The van der Waals surface area contributed by atoms with Crippen molar-refractivity contribution in [1.29, 1.82) is 0 Å². The van der Waals surface area contributed by atoms with Gasteiger partial charge in [-0.15, -0.1) is 0 Å². The first-order valence-corrected chi connectivity index (χ1v) is 7.93. The molecule has 3 fully saturated rings. The average Bonchev–Trinajstić information content (AvgIpc) is 3.14. The number of hydrogen-bond donors (Lipinski definition) is 3. The Bertz CT molecular complexity index is 335. The van der Waals surface area contributed by atoms with Crippen LogP contribution in [0.5, 0.6) is 0 Å². The van der Waals surface area contributed by atoms with Gasteiger partial charge in [0.1, 0.15) is 0 Å². The fourth-order valence-corrected chi connectivity index (χ4v) is 3.69. The molecule has 2 amide bonds. The molecule has 108 valence electrons. The number of aliphatic hydroxyl groups is 1. The van der Waals surface area contributed by atoms with Gasteiger partial charge in [-0.05, 0) is 37.5 Å². The van der Waals surface area contributed by atoms with Gasteiger partial charge in [0.2, 0.25) is 0 Å². The Morgan fingerprint density at radius 1 is 1.16 bits per heavy atom. The first-order valence-electron chi connectivity index (χ1n) is 7.93. The highest BCUT2D eigenvalue weighted by molar-refractivity contribution is 5.74. The Labute approximate surface area is 115 Å². The standard InChI is InChI=1S/C15H26N2O2/c18-14(16-10-15(19)7-4-8-15)17-13-9-12(13)11-5-2-1-3-6-11/h11-13,19H,1-10H2,(H2,16,17,18). The summed E-state index contributed by atoms with van der Waals surface area (Å²) in [6.45, 7) is 0.402. The van der Waals surface area contributed by atoms with E-state index in [-0.39, 0.29) is 6.03 Å². The monoisotopic (exact) mass is 266 g/mol. The highest BCUT2D eigenvalue weighted by atomic mass is 16.3. The number of urea groups is 1. The molecular formula is C15H26N2O2. The van der Waals surface area contributed by atoms with Crippen molar-refractivity contribution in [3.05, 3.63) is 0 Å². The number of amides is 2. The normalized spacial score (nSPS) is 33.3. The zero-order valence-electron chi connectivity index (χ0n) is 11.7. The number of carbonyl (C=O) groups excluding carboxylic acids is 1. The molecule has 3 aliphatic rings. The highest BCUT2D eigenvalue weighted by Crippen LogP contribution is 2.44. The van der Waals surface area contributed by atoms with Crippen LogP contribution in [0.2, 0.25) is 0 Å². The Balaban J connectivity index is 1.34. The molecule has 0 radical (unpaired) electrons. The van der Waals surface area contributed by atoms with E-state index >= 15 is 0 Å². The minimum atomic E-state index is -0.621. The number of hydrogen-bond acceptors (Lipinski definition) is 2. The molecule has 0 heterocycles. The molecule has 2 atom stereocenters. The molecule has 0 bridgehead atoms. The quantitative estimate of drug-likeness (QED) is 0.730. The van der Waals surface area contributed by atoms with Crippen molar-refractivity contribution in [3.63, 3.8) is 0 Å². The summed E-state index contributed by atoms with van der Waals surface area (Å²) in [5.41, 5.74) is -0.621. The molecule has 0 spiro atoms. The average molecular weight is 266 g/mol. The summed E-state index contributed by atoms with van der Waals surface area (Å²) >= 11 is 0. The second-order valence-corrected chi connectivity index (χ2v) is 6.81. The molecular weight excluding hydrogens is 240 g/mol. The van der Waals surface area contributed by atoms with Gasteiger partial charge >= 0.3 is 6.03 Å². The van der Waals surface area contributed by atoms with E-state index in [1.54, 1.807) is 0 Å². The molecule has 0 aromatic rings. The van der Waals surface area contributed by atoms with Gasteiger partial charge in [0, 0.05) is 12.6 Å². The first kappa shape index (κ1) is 13.2. The van der Waals surface area contributed by atoms with E-state index in [1.807, 2.05) is 0 Å². The molecule has 0 aromatic heterocycles. The van der Waals surface area contributed by atoms with Crippen LogP contribution in [0.25, 0.3) is 0 Å². The van der Waals surface area contributed by atoms with Gasteiger partial charge in [-0.25, -0.2) is 4.79 Å². The second kappa shape index (κ2) is 5.31. The van der Waals surface area contributed by atoms with Crippen LogP contribution in [0, 0.1) is 11.8 Å². The zero-order valence-corrected chi connectivity index (χ0v) is 11.7. The Morgan fingerprint density at radius 3 is 2.53 bits per heavy atom. The highest BCUT2D eigenvalue weighted by Gasteiger charge is 2.44. The Kier molecular flexibility index (Phi) is 3.70. The van der Waals surface area contributed by atoms with Crippen molar-refractivity contribution < 1.29 is 9.90 Å². The third kappa shape index (κ3) is 3.22. The third-order valence-corrected chi connectivity index (χ3v) is 5.27. The molecule has 3 rings (SSSR count). The van der Waals surface area contributed by atoms with Crippen molar-refractivity contribution >= 4 is 6.03 Å². The first-order chi connectivity index (χ1) is 9.16. The smallest absolute Gasteiger partial charge is 0.315 e. The van der Waals surface area contributed by atoms with Gasteiger partial charge in [-0.3, -0.25) is 0 Å². The molecule has 3 aliphatic carbocycles. The van der Waals surface area contributed by atoms with E-state index in [0.29, 0.717) is 12.6 Å². The molecule has 0 saturated heterocycles. The van der Waals surface area contributed by atoms with E-state index in [4.69, 9.17) is 0 Å². The van der Waals surface area contributed by atoms with Crippen molar-refractivity contribution in [2.24, 2.45) is 11.8 Å². The predicted octanol–water partition coefficient (Wildman–Crippen LogP) is 2.17. The van der Waals surface area contributed by atoms with Crippen LogP contribution in [0.1, 0.15) is 57.8 Å². The van der Waals surface area contributed by atoms with Gasteiger partial charge in [-0.1, -0.05) is 32.1 Å². The van der Waals surface area contributed by atoms with Crippen LogP contribution in [-0.4, -0.2) is 29.3 Å². The van der Waals surface area contributed by atoms with Crippen molar-refractivity contribution in [1.82, 2.24) is 10.6 Å². The minimum Gasteiger partial charge on any atom is -0.388 e. The molecule has 0 aromatic carbocycles. The van der Waals surface area contributed by atoms with Gasteiger partial charge < -0.3 is 15.7 Å². The van der Waals surface area contributed by atoms with Crippen LogP contribution in [0.3, 0.4) is 0 Å². The lowest BCUT2D eigenvalue weighted by molar-refractivity contribution is -0.0290. The maximum atomic E-state index is 11.8. The number of rotatable bonds is 4. The topological polar surface area (TPSA) is 61.4 Å². The lowest BCUT2D eigenvalue weighted by atomic mass is 9.80. The second-order valence-electron chi connectivity index (χ2n) is 6.81. The largest absolute Gasteiger partial charge is 0.388 e. The van der Waals surface area contributed by atoms with Gasteiger partial charge in [0.25, 0.3) is 0 Å². The SMILES string of the molecule is O=C(NCC1(O)CCC1)NC1CC1C1CCCCC1. The number of carbonyl (C=O) groups is 1. The fourth-order valence-electron chi connectivity index (χ4n) is 3.69. The molecule has 0 aliphatic heterocycles. The van der Waals surface area contributed by atoms with Crippen LogP contribution >= 0.6 is 0 Å². The molecule has 19 heavy (non-hydrogen) atoms. The Hall–Kier alpha value is -0.770. The molecule has 3 saturated carbocycles. The lowest BCUT2D eigenvalue weighted by Gasteiger charge is -2.36. The fraction of sp³-hybridized carbons (Fsp3) is 0.933. The maximum absolute atomic E-state index is 11.8. The van der Waals surface area contributed by atoms with Crippen LogP contribution in [-0.2, 0) is 0 Å². The summed E-state index contributed by atoms with van der Waals surface area (Å²) in [5, 5.41) is 15.8. The van der Waals surface area contributed by atoms with E-state index in [2.05, 4.69) is 10.6 Å². The lowest BCUT2D eigenvalue weighted by Crippen LogP contribution is -2.50. The minimum absolute atomic E-state index is 0.0939. The van der Waals surface area contributed by atoms with E-state index in [9.17, 15) is 9.90 Å². The summed E-state index contributed by atoms with van der Waals surface area (Å²) in [6, 6.07) is 0.294. The summed E-state index contributed by atoms with van der Waals surface area (Å²) in [6.07, 6.45) is 10.7. The van der Waals surface area contributed by atoms with Crippen molar-refractivity contribution in [2.45, 2.75) is 69.4 Å². The van der Waals surface area contributed by atoms with Gasteiger partial charge in [0.05, 0.1) is 5.60 Å². The zero-order chi connectivity index (χ0) is 13.3. The van der Waals surface area contributed by atoms with E-state index in [1.165, 1.54) is 32.1 Å². The summed E-state index contributed by atoms with van der Waals surface area (Å²) in [4.78, 5) is 11.8. The van der Waals surface area contributed by atoms with E-state index < -0.39 is 5.60 Å². The van der Waals surface area contributed by atoms with Gasteiger partial charge in [-0.2, -0.15) is 0 Å². The summed E-state index contributed by atoms with van der Waals surface area (Å²) < 4.78 is 0. The molecule has 2 unspecified atom stereocenters. The molecule has 4 heteroatoms. The number of nitrogens with one attached hydrogen (secondary N) is 2. The van der Waals surface area contributed by atoms with Crippen LogP contribution < -0.4 is 10.6 Å². The van der Waals surface area contributed by atoms with Crippen molar-refractivity contribution in [3.8, 4) is 0 Å².